The molecule has 1 aliphatic heterocycles. The molecule has 6 heteroatoms. The molecule has 2 heterocycles. The van der Waals surface area contributed by atoms with Gasteiger partial charge in [0.25, 0.3) is 0 Å². The molecule has 0 radical (unpaired) electrons. The van der Waals surface area contributed by atoms with Crippen molar-refractivity contribution in [1.82, 2.24) is 15.5 Å². The van der Waals surface area contributed by atoms with Gasteiger partial charge < -0.3 is 14.8 Å². The van der Waals surface area contributed by atoms with Crippen molar-refractivity contribution in [1.29, 1.82) is 0 Å². The smallest absolute Gasteiger partial charge is 0.175 e. The van der Waals surface area contributed by atoms with Gasteiger partial charge >= 0.3 is 0 Å². The van der Waals surface area contributed by atoms with Crippen LogP contribution in [0, 0.1) is 0 Å². The molecule has 0 spiro atoms. The number of nitrogens with zero attached hydrogens (tertiary/aromatic N) is 1. The van der Waals surface area contributed by atoms with Gasteiger partial charge in [-0.1, -0.05) is 0 Å². The van der Waals surface area contributed by atoms with Gasteiger partial charge in [-0.05, 0) is 40.5 Å². The zero-order valence-corrected chi connectivity index (χ0v) is 12.7. The van der Waals surface area contributed by atoms with E-state index in [4.69, 9.17) is 9.47 Å². The molecule has 1 unspecified atom stereocenters. The molecule has 0 bridgehead atoms. The summed E-state index contributed by atoms with van der Waals surface area (Å²) in [5, 5.41) is 10.2. The average Bonchev–Trinajstić information content (AvgIpc) is 2.99. The van der Waals surface area contributed by atoms with Crippen molar-refractivity contribution in [3.63, 3.8) is 0 Å². The molecule has 20 heavy (non-hydrogen) atoms. The molecule has 0 amide bonds. The van der Waals surface area contributed by atoms with Gasteiger partial charge in [0.05, 0.1) is 10.7 Å². The first-order valence-electron chi connectivity index (χ1n) is 6.54. The third-order valence-corrected chi connectivity index (χ3v) is 3.88. The van der Waals surface area contributed by atoms with E-state index in [0.29, 0.717) is 13.2 Å². The zero-order chi connectivity index (χ0) is 13.9. The van der Waals surface area contributed by atoms with Crippen molar-refractivity contribution in [2.24, 2.45) is 0 Å². The minimum atomic E-state index is 0.237. The van der Waals surface area contributed by atoms with Gasteiger partial charge in [-0.3, -0.25) is 5.10 Å². The lowest BCUT2D eigenvalue weighted by Gasteiger charge is -2.21. The Morgan fingerprint density at radius 3 is 3.05 bits per heavy atom. The van der Waals surface area contributed by atoms with Gasteiger partial charge in [0.15, 0.2) is 11.5 Å². The van der Waals surface area contributed by atoms with Crippen molar-refractivity contribution >= 4 is 15.9 Å². The van der Waals surface area contributed by atoms with Crippen molar-refractivity contribution in [2.75, 3.05) is 13.2 Å². The minimum Gasteiger partial charge on any atom is -0.486 e. The van der Waals surface area contributed by atoms with Crippen LogP contribution in [0.25, 0.3) is 0 Å². The van der Waals surface area contributed by atoms with E-state index >= 15 is 0 Å². The molecule has 0 saturated heterocycles. The quantitative estimate of drug-likeness (QED) is 0.900. The fourth-order valence-electron chi connectivity index (χ4n) is 2.15. The molecule has 106 valence electrons. The second-order valence-electron chi connectivity index (χ2n) is 4.74. The summed E-state index contributed by atoms with van der Waals surface area (Å²) in [6, 6.07) is 4.32. The second-order valence-corrected chi connectivity index (χ2v) is 5.59. The van der Waals surface area contributed by atoms with Crippen LogP contribution in [0.3, 0.4) is 0 Å². The van der Waals surface area contributed by atoms with Gasteiger partial charge in [0.2, 0.25) is 0 Å². The number of rotatable bonds is 4. The van der Waals surface area contributed by atoms with Crippen LogP contribution in [-0.2, 0) is 6.54 Å². The molecule has 1 aromatic heterocycles. The maximum absolute atomic E-state index is 5.63. The van der Waals surface area contributed by atoms with Crippen molar-refractivity contribution in [3.8, 4) is 11.5 Å². The lowest BCUT2D eigenvalue weighted by atomic mass is 10.1. The lowest BCUT2D eigenvalue weighted by Crippen LogP contribution is -2.19. The molecule has 0 aliphatic carbocycles. The Kier molecular flexibility index (Phi) is 3.93. The van der Waals surface area contributed by atoms with E-state index in [-0.39, 0.29) is 6.04 Å². The number of aromatic nitrogens is 2. The van der Waals surface area contributed by atoms with Crippen molar-refractivity contribution in [2.45, 2.75) is 19.5 Å². The monoisotopic (exact) mass is 337 g/mol. The number of fused-ring (bicyclic) bond motifs is 1. The molecule has 2 aromatic rings. The second kappa shape index (κ2) is 5.85. The Bertz CT molecular complexity index is 586. The molecular formula is C14H16BrN3O2. The third-order valence-electron chi connectivity index (χ3n) is 3.29. The third kappa shape index (κ3) is 2.81. The number of aromatic amines is 1. The summed E-state index contributed by atoms with van der Waals surface area (Å²) in [6.45, 7) is 4.06. The minimum absolute atomic E-state index is 0.237. The molecule has 5 nitrogen and oxygen atoms in total. The highest BCUT2D eigenvalue weighted by Crippen LogP contribution is 2.38. The number of nitrogens with one attached hydrogen (secondary N) is 2. The maximum atomic E-state index is 5.63. The Balaban J connectivity index is 1.70. The summed E-state index contributed by atoms with van der Waals surface area (Å²) in [5.41, 5.74) is 2.29. The van der Waals surface area contributed by atoms with Crippen LogP contribution < -0.4 is 14.8 Å². The number of hydrogen-bond donors (Lipinski definition) is 2. The molecular weight excluding hydrogens is 322 g/mol. The molecule has 1 aromatic carbocycles. The van der Waals surface area contributed by atoms with Crippen molar-refractivity contribution < 1.29 is 9.47 Å². The van der Waals surface area contributed by atoms with E-state index in [1.54, 1.807) is 0 Å². The Morgan fingerprint density at radius 1 is 1.40 bits per heavy atom. The first-order chi connectivity index (χ1) is 9.74. The van der Waals surface area contributed by atoms with E-state index in [9.17, 15) is 0 Å². The lowest BCUT2D eigenvalue weighted by molar-refractivity contribution is 0.170. The zero-order valence-electron chi connectivity index (χ0n) is 11.1. The molecule has 1 atom stereocenters. The summed E-state index contributed by atoms with van der Waals surface area (Å²) < 4.78 is 12.1. The summed E-state index contributed by atoms with van der Waals surface area (Å²) >= 11 is 3.53. The first-order valence-corrected chi connectivity index (χ1v) is 7.33. The van der Waals surface area contributed by atoms with E-state index < -0.39 is 0 Å². The van der Waals surface area contributed by atoms with E-state index in [1.165, 1.54) is 0 Å². The Labute approximate surface area is 125 Å². The highest BCUT2D eigenvalue weighted by Gasteiger charge is 2.16. The number of hydrogen-bond acceptors (Lipinski definition) is 4. The number of halogens is 1. The van der Waals surface area contributed by atoms with Crippen LogP contribution in [0.1, 0.15) is 24.1 Å². The average molecular weight is 338 g/mol. The van der Waals surface area contributed by atoms with Gasteiger partial charge in [-0.15, -0.1) is 0 Å². The molecule has 3 rings (SSSR count). The summed E-state index contributed by atoms with van der Waals surface area (Å²) in [6.07, 6.45) is 3.73. The topological polar surface area (TPSA) is 59.2 Å². The molecule has 2 N–H and O–H groups in total. The fourth-order valence-corrected chi connectivity index (χ4v) is 2.76. The Hall–Kier alpha value is -1.53. The normalized spacial score (nSPS) is 15.1. The van der Waals surface area contributed by atoms with Crippen LogP contribution in [0.2, 0.25) is 0 Å². The Morgan fingerprint density at radius 2 is 2.25 bits per heavy atom. The van der Waals surface area contributed by atoms with Crippen LogP contribution in [0.15, 0.2) is 29.0 Å². The predicted molar refractivity (Wildman–Crippen MR) is 79.0 cm³/mol. The maximum Gasteiger partial charge on any atom is 0.175 e. The first kappa shape index (κ1) is 13.5. The van der Waals surface area contributed by atoms with E-state index in [2.05, 4.69) is 44.4 Å². The van der Waals surface area contributed by atoms with Crippen molar-refractivity contribution in [3.05, 3.63) is 40.1 Å². The SMILES string of the molecule is CC(NCc1cc(Br)c2c(c1)OCCO2)c1cn[nH]c1. The van der Waals surface area contributed by atoms with Gasteiger partial charge in [0, 0.05) is 24.3 Å². The van der Waals surface area contributed by atoms with E-state index in [0.717, 1.165) is 33.6 Å². The van der Waals surface area contributed by atoms with Crippen LogP contribution >= 0.6 is 15.9 Å². The summed E-state index contributed by atoms with van der Waals surface area (Å²) in [5.74, 6) is 1.60. The van der Waals surface area contributed by atoms with Gasteiger partial charge in [0.1, 0.15) is 13.2 Å². The van der Waals surface area contributed by atoms with Crippen LogP contribution in [0.4, 0.5) is 0 Å². The van der Waals surface area contributed by atoms with Gasteiger partial charge in [-0.2, -0.15) is 5.10 Å². The van der Waals surface area contributed by atoms with E-state index in [1.807, 2.05) is 18.5 Å². The summed E-state index contributed by atoms with van der Waals surface area (Å²) in [7, 11) is 0. The number of H-pyrrole nitrogens is 1. The standard InChI is InChI=1S/C14H16BrN3O2/c1-9(11-7-17-18-8-11)16-6-10-4-12(15)14-13(5-10)19-2-3-20-14/h4-5,7-9,16H,2-3,6H2,1H3,(H,17,18). The largest absolute Gasteiger partial charge is 0.486 e. The van der Waals surface area contributed by atoms with Crippen LogP contribution in [-0.4, -0.2) is 23.4 Å². The number of ether oxygens (including phenoxy) is 2. The highest BCUT2D eigenvalue weighted by atomic mass is 79.9. The molecule has 1 aliphatic rings. The predicted octanol–water partition coefficient (Wildman–Crippen LogP) is 2.79. The van der Waals surface area contributed by atoms with Crippen LogP contribution in [0.5, 0.6) is 11.5 Å². The molecule has 0 fully saturated rings. The molecule has 0 saturated carbocycles. The highest BCUT2D eigenvalue weighted by molar-refractivity contribution is 9.10. The van der Waals surface area contributed by atoms with Gasteiger partial charge in [-0.25, -0.2) is 0 Å². The summed E-state index contributed by atoms with van der Waals surface area (Å²) in [4.78, 5) is 0. The fraction of sp³-hybridized carbons (Fsp3) is 0.357. The number of benzene rings is 1.